The Bertz CT molecular complexity index is 686. The van der Waals surface area contributed by atoms with E-state index in [0.717, 1.165) is 11.3 Å². The number of benzene rings is 1. The van der Waals surface area contributed by atoms with E-state index in [4.69, 9.17) is 14.2 Å². The van der Waals surface area contributed by atoms with Crippen molar-refractivity contribution in [1.29, 1.82) is 0 Å². The smallest absolute Gasteiger partial charge is 0.317 e. The average molecular weight is 377 g/mol. The van der Waals surface area contributed by atoms with E-state index in [0.29, 0.717) is 51.4 Å². The van der Waals surface area contributed by atoms with Gasteiger partial charge in [0.15, 0.2) is 11.5 Å². The van der Waals surface area contributed by atoms with Crippen LogP contribution in [0.25, 0.3) is 0 Å². The highest BCUT2D eigenvalue weighted by molar-refractivity contribution is 5.83. The highest BCUT2D eigenvalue weighted by Gasteiger charge is 2.37. The van der Waals surface area contributed by atoms with Crippen LogP contribution in [0.4, 0.5) is 4.79 Å². The van der Waals surface area contributed by atoms with E-state index in [9.17, 15) is 9.59 Å². The summed E-state index contributed by atoms with van der Waals surface area (Å²) >= 11 is 0. The van der Waals surface area contributed by atoms with Gasteiger partial charge in [0.05, 0.1) is 6.61 Å². The monoisotopic (exact) mass is 377 g/mol. The summed E-state index contributed by atoms with van der Waals surface area (Å²) in [7, 11) is 1.60. The Morgan fingerprint density at radius 1 is 1.19 bits per heavy atom. The number of methoxy groups -OCH3 is 1. The number of carbonyl (C=O) groups is 2. The molecule has 1 saturated heterocycles. The Morgan fingerprint density at radius 2 is 1.93 bits per heavy atom. The van der Waals surface area contributed by atoms with Crippen molar-refractivity contribution in [1.82, 2.24) is 15.5 Å². The van der Waals surface area contributed by atoms with Crippen molar-refractivity contribution in [3.63, 3.8) is 0 Å². The van der Waals surface area contributed by atoms with Gasteiger partial charge in [-0.05, 0) is 30.5 Å². The SMILES string of the molecule is COCCNC(=O)N1CCC(C)(C(=O)NCc2ccc3c(c2)OCO3)CC1. The van der Waals surface area contributed by atoms with Gasteiger partial charge in [0.2, 0.25) is 12.7 Å². The third kappa shape index (κ3) is 4.63. The summed E-state index contributed by atoms with van der Waals surface area (Å²) in [5.74, 6) is 1.45. The summed E-state index contributed by atoms with van der Waals surface area (Å²) in [6.45, 7) is 4.73. The number of piperidine rings is 1. The molecule has 2 aliphatic rings. The fourth-order valence-electron chi connectivity index (χ4n) is 3.25. The summed E-state index contributed by atoms with van der Waals surface area (Å²) < 4.78 is 15.6. The number of ether oxygens (including phenoxy) is 3. The standard InChI is InChI=1S/C19H27N3O5/c1-19(5-8-22(9-6-19)18(24)20-7-10-25-2)17(23)21-12-14-3-4-15-16(11-14)27-13-26-15/h3-4,11H,5-10,12-13H2,1-2H3,(H,20,24)(H,21,23). The Kier molecular flexibility index (Phi) is 6.05. The molecule has 8 heteroatoms. The lowest BCUT2D eigenvalue weighted by Gasteiger charge is -2.38. The van der Waals surface area contributed by atoms with Crippen LogP contribution in [-0.4, -0.2) is 57.0 Å². The predicted octanol–water partition coefficient (Wildman–Crippen LogP) is 1.49. The van der Waals surface area contributed by atoms with Gasteiger partial charge in [0.1, 0.15) is 0 Å². The first kappa shape index (κ1) is 19.3. The predicted molar refractivity (Wildman–Crippen MR) is 98.6 cm³/mol. The molecule has 0 spiro atoms. The number of nitrogens with zero attached hydrogens (tertiary/aromatic N) is 1. The van der Waals surface area contributed by atoms with Gasteiger partial charge in [-0.15, -0.1) is 0 Å². The van der Waals surface area contributed by atoms with Gasteiger partial charge < -0.3 is 29.7 Å². The molecule has 2 aliphatic heterocycles. The quantitative estimate of drug-likeness (QED) is 0.733. The first-order valence-electron chi connectivity index (χ1n) is 9.20. The number of urea groups is 1. The number of likely N-dealkylation sites (tertiary alicyclic amines) is 1. The number of amides is 3. The maximum absolute atomic E-state index is 12.7. The molecule has 0 radical (unpaired) electrons. The lowest BCUT2D eigenvalue weighted by molar-refractivity contribution is -0.132. The van der Waals surface area contributed by atoms with Crippen LogP contribution in [0.5, 0.6) is 11.5 Å². The minimum atomic E-state index is -0.473. The summed E-state index contributed by atoms with van der Waals surface area (Å²) in [5.41, 5.74) is 0.491. The molecular weight excluding hydrogens is 350 g/mol. The van der Waals surface area contributed by atoms with Crippen molar-refractivity contribution < 1.29 is 23.8 Å². The molecule has 0 saturated carbocycles. The lowest BCUT2D eigenvalue weighted by Crippen LogP contribution is -2.51. The number of fused-ring (bicyclic) bond motifs is 1. The molecule has 1 aromatic carbocycles. The number of nitrogens with one attached hydrogen (secondary N) is 2. The summed E-state index contributed by atoms with van der Waals surface area (Å²) in [6, 6.07) is 5.56. The van der Waals surface area contributed by atoms with Gasteiger partial charge in [0.25, 0.3) is 0 Å². The van der Waals surface area contributed by atoms with Gasteiger partial charge in [0, 0.05) is 38.7 Å². The van der Waals surface area contributed by atoms with Crippen molar-refractivity contribution in [3.05, 3.63) is 23.8 Å². The highest BCUT2D eigenvalue weighted by atomic mass is 16.7. The molecule has 0 aliphatic carbocycles. The normalized spacial score (nSPS) is 17.5. The number of hydrogen-bond donors (Lipinski definition) is 2. The Hall–Kier alpha value is -2.48. The van der Waals surface area contributed by atoms with Gasteiger partial charge in [-0.25, -0.2) is 4.79 Å². The molecule has 27 heavy (non-hydrogen) atoms. The van der Waals surface area contributed by atoms with E-state index < -0.39 is 5.41 Å². The molecule has 0 aromatic heterocycles. The molecule has 2 heterocycles. The lowest BCUT2D eigenvalue weighted by atomic mass is 9.79. The third-order valence-electron chi connectivity index (χ3n) is 5.17. The molecule has 148 valence electrons. The van der Waals surface area contributed by atoms with E-state index >= 15 is 0 Å². The zero-order chi connectivity index (χ0) is 19.3. The Labute approximate surface area is 159 Å². The molecule has 1 aromatic rings. The second kappa shape index (κ2) is 8.47. The average Bonchev–Trinajstić information content (AvgIpc) is 3.14. The maximum Gasteiger partial charge on any atom is 0.317 e. The highest BCUT2D eigenvalue weighted by Crippen LogP contribution is 2.33. The number of carbonyl (C=O) groups excluding carboxylic acids is 2. The topological polar surface area (TPSA) is 89.1 Å². The minimum Gasteiger partial charge on any atom is -0.454 e. The van der Waals surface area contributed by atoms with Crippen molar-refractivity contribution >= 4 is 11.9 Å². The third-order valence-corrected chi connectivity index (χ3v) is 5.17. The zero-order valence-corrected chi connectivity index (χ0v) is 15.9. The van der Waals surface area contributed by atoms with E-state index in [-0.39, 0.29) is 18.7 Å². The first-order valence-corrected chi connectivity index (χ1v) is 9.20. The van der Waals surface area contributed by atoms with Crippen molar-refractivity contribution in [2.24, 2.45) is 5.41 Å². The van der Waals surface area contributed by atoms with Crippen molar-refractivity contribution in [2.75, 3.05) is 40.1 Å². The first-order chi connectivity index (χ1) is 13.0. The minimum absolute atomic E-state index is 0.0135. The molecule has 2 N–H and O–H groups in total. The fraction of sp³-hybridized carbons (Fsp3) is 0.579. The summed E-state index contributed by atoms with van der Waals surface area (Å²) in [5, 5.41) is 5.83. The molecular formula is C19H27N3O5. The summed E-state index contributed by atoms with van der Waals surface area (Å²) in [4.78, 5) is 26.6. The Balaban J connectivity index is 1.47. The molecule has 3 amide bonds. The van der Waals surface area contributed by atoms with E-state index in [1.165, 1.54) is 0 Å². The van der Waals surface area contributed by atoms with E-state index in [1.54, 1.807) is 12.0 Å². The maximum atomic E-state index is 12.7. The van der Waals surface area contributed by atoms with Crippen LogP contribution >= 0.6 is 0 Å². The van der Waals surface area contributed by atoms with E-state index in [1.807, 2.05) is 25.1 Å². The van der Waals surface area contributed by atoms with Crippen molar-refractivity contribution in [3.8, 4) is 11.5 Å². The summed E-state index contributed by atoms with van der Waals surface area (Å²) in [6.07, 6.45) is 1.27. The van der Waals surface area contributed by atoms with Crippen LogP contribution in [0.3, 0.4) is 0 Å². The number of rotatable bonds is 6. The van der Waals surface area contributed by atoms with Crippen LogP contribution < -0.4 is 20.1 Å². The van der Waals surface area contributed by atoms with Gasteiger partial charge in [-0.1, -0.05) is 13.0 Å². The van der Waals surface area contributed by atoms with Crippen LogP contribution in [0.1, 0.15) is 25.3 Å². The van der Waals surface area contributed by atoms with Crippen LogP contribution in [0.15, 0.2) is 18.2 Å². The van der Waals surface area contributed by atoms with Gasteiger partial charge in [-0.3, -0.25) is 4.79 Å². The molecule has 3 rings (SSSR count). The van der Waals surface area contributed by atoms with Crippen LogP contribution in [0, 0.1) is 5.41 Å². The van der Waals surface area contributed by atoms with Crippen LogP contribution in [0.2, 0.25) is 0 Å². The molecule has 0 bridgehead atoms. The molecule has 1 fully saturated rings. The van der Waals surface area contributed by atoms with Crippen molar-refractivity contribution in [2.45, 2.75) is 26.3 Å². The zero-order valence-electron chi connectivity index (χ0n) is 15.9. The molecule has 0 atom stereocenters. The molecule has 0 unspecified atom stereocenters. The van der Waals surface area contributed by atoms with Gasteiger partial charge >= 0.3 is 6.03 Å². The van der Waals surface area contributed by atoms with E-state index in [2.05, 4.69) is 10.6 Å². The fourth-order valence-corrected chi connectivity index (χ4v) is 3.25. The second-order valence-electron chi connectivity index (χ2n) is 7.14. The second-order valence-corrected chi connectivity index (χ2v) is 7.14. The molecule has 8 nitrogen and oxygen atoms in total. The van der Waals surface area contributed by atoms with Crippen LogP contribution in [-0.2, 0) is 16.1 Å². The Morgan fingerprint density at radius 3 is 2.67 bits per heavy atom. The van der Waals surface area contributed by atoms with Gasteiger partial charge in [-0.2, -0.15) is 0 Å². The largest absolute Gasteiger partial charge is 0.454 e. The number of hydrogen-bond acceptors (Lipinski definition) is 5.